The second kappa shape index (κ2) is 4.78. The minimum absolute atomic E-state index is 0.152. The molecule has 2 aliphatic heterocycles. The topological polar surface area (TPSA) is 107 Å². The Morgan fingerprint density at radius 3 is 2.62 bits per heavy atom. The van der Waals surface area contributed by atoms with E-state index in [4.69, 9.17) is 5.73 Å². The van der Waals surface area contributed by atoms with Crippen LogP contribution in [-0.2, 0) is 6.54 Å². The van der Waals surface area contributed by atoms with Crippen LogP contribution >= 0.6 is 0 Å². The van der Waals surface area contributed by atoms with Crippen LogP contribution in [0.1, 0.15) is 11.1 Å². The Balaban J connectivity index is 2.55. The van der Waals surface area contributed by atoms with Crippen LogP contribution in [0.15, 0.2) is 21.7 Å². The molecule has 0 aromatic heterocycles. The van der Waals surface area contributed by atoms with E-state index < -0.39 is 11.2 Å². The molecule has 3 rings (SSSR count). The van der Waals surface area contributed by atoms with E-state index in [2.05, 4.69) is 15.0 Å². The van der Waals surface area contributed by atoms with E-state index in [1.165, 1.54) is 0 Å². The number of benzene rings is 1. The van der Waals surface area contributed by atoms with E-state index in [9.17, 15) is 9.59 Å². The highest BCUT2D eigenvalue weighted by Gasteiger charge is 2.18. The molecule has 0 fully saturated rings. The predicted molar refractivity (Wildman–Crippen MR) is 79.6 cm³/mol. The SMILES string of the molecule is Cc1cc2nc3c(=O)[nH]c(=O)nc-3n(CCN)c2cc1C. The summed E-state index contributed by atoms with van der Waals surface area (Å²) in [5, 5.41) is 0. The largest absolute Gasteiger partial charge is 0.349 e. The van der Waals surface area contributed by atoms with Gasteiger partial charge in [0.2, 0.25) is 0 Å². The highest BCUT2D eigenvalue weighted by molar-refractivity contribution is 5.81. The summed E-state index contributed by atoms with van der Waals surface area (Å²) in [6.07, 6.45) is 0. The third-order valence-corrected chi connectivity index (χ3v) is 3.58. The first-order chi connectivity index (χ1) is 10.0. The maximum Gasteiger partial charge on any atom is 0.349 e. The van der Waals surface area contributed by atoms with Crippen LogP contribution in [0.5, 0.6) is 0 Å². The molecular formula is C14H15N5O2. The molecule has 108 valence electrons. The first-order valence-electron chi connectivity index (χ1n) is 6.63. The predicted octanol–water partition coefficient (Wildman–Crippen LogP) is 0.160. The van der Waals surface area contributed by atoms with Gasteiger partial charge in [0.05, 0.1) is 11.0 Å². The van der Waals surface area contributed by atoms with Crippen molar-refractivity contribution in [1.29, 1.82) is 0 Å². The van der Waals surface area contributed by atoms with E-state index in [-0.39, 0.29) is 11.5 Å². The lowest BCUT2D eigenvalue weighted by atomic mass is 10.1. The number of nitrogens with one attached hydrogen (secondary N) is 1. The molecular weight excluding hydrogens is 270 g/mol. The third kappa shape index (κ3) is 2.11. The molecule has 1 aromatic carbocycles. The van der Waals surface area contributed by atoms with E-state index in [0.29, 0.717) is 18.6 Å². The smallest absolute Gasteiger partial charge is 0.329 e. The second-order valence-corrected chi connectivity index (χ2v) is 5.02. The van der Waals surface area contributed by atoms with Crippen LogP contribution in [0.2, 0.25) is 0 Å². The van der Waals surface area contributed by atoms with Crippen molar-refractivity contribution >= 4 is 11.0 Å². The van der Waals surface area contributed by atoms with Gasteiger partial charge in [0.15, 0.2) is 11.5 Å². The van der Waals surface area contributed by atoms with Crippen molar-refractivity contribution in [2.75, 3.05) is 6.54 Å². The zero-order chi connectivity index (χ0) is 15.1. The Kier molecular flexibility index (Phi) is 3.06. The van der Waals surface area contributed by atoms with Gasteiger partial charge in [-0.15, -0.1) is 0 Å². The molecule has 0 aliphatic carbocycles. The summed E-state index contributed by atoms with van der Waals surface area (Å²) in [7, 11) is 0. The lowest BCUT2D eigenvalue weighted by molar-refractivity contribution is 0.711. The Morgan fingerprint density at radius 2 is 1.90 bits per heavy atom. The summed E-state index contributed by atoms with van der Waals surface area (Å²) < 4.78 is 1.78. The van der Waals surface area contributed by atoms with Gasteiger partial charge in [0.1, 0.15) is 0 Å². The van der Waals surface area contributed by atoms with Crippen LogP contribution in [0.25, 0.3) is 22.6 Å². The van der Waals surface area contributed by atoms with Gasteiger partial charge in [-0.25, -0.2) is 9.78 Å². The number of H-pyrrole nitrogens is 1. The van der Waals surface area contributed by atoms with Gasteiger partial charge in [-0.1, -0.05) is 0 Å². The van der Waals surface area contributed by atoms with Crippen LogP contribution in [-0.4, -0.2) is 26.1 Å². The maximum absolute atomic E-state index is 11.9. The van der Waals surface area contributed by atoms with Crippen molar-refractivity contribution in [3.8, 4) is 11.5 Å². The molecule has 3 N–H and O–H groups in total. The molecule has 21 heavy (non-hydrogen) atoms. The van der Waals surface area contributed by atoms with Crippen LogP contribution in [0.3, 0.4) is 0 Å². The average Bonchev–Trinajstić information content (AvgIpc) is 2.42. The quantitative estimate of drug-likeness (QED) is 0.652. The molecule has 7 nitrogen and oxygen atoms in total. The van der Waals surface area contributed by atoms with Crippen molar-refractivity contribution in [1.82, 2.24) is 19.5 Å². The molecule has 2 heterocycles. The first-order valence-corrected chi connectivity index (χ1v) is 6.63. The maximum atomic E-state index is 11.9. The Hall–Kier alpha value is -2.54. The van der Waals surface area contributed by atoms with E-state index >= 15 is 0 Å². The highest BCUT2D eigenvalue weighted by atomic mass is 16.2. The zero-order valence-electron chi connectivity index (χ0n) is 11.8. The van der Waals surface area contributed by atoms with Crippen molar-refractivity contribution < 1.29 is 0 Å². The molecule has 0 saturated carbocycles. The number of nitrogens with two attached hydrogens (primary N) is 1. The van der Waals surface area contributed by atoms with Gasteiger partial charge in [-0.05, 0) is 37.1 Å². The normalized spacial score (nSPS) is 11.4. The minimum Gasteiger partial charge on any atom is -0.329 e. The van der Waals surface area contributed by atoms with E-state index in [1.54, 1.807) is 4.57 Å². The fraction of sp³-hybridized carbons (Fsp3) is 0.286. The summed E-state index contributed by atoms with van der Waals surface area (Å²) >= 11 is 0. The molecule has 0 amide bonds. The fourth-order valence-corrected chi connectivity index (χ4v) is 2.41. The van der Waals surface area contributed by atoms with Gasteiger partial charge >= 0.3 is 5.69 Å². The summed E-state index contributed by atoms with van der Waals surface area (Å²) in [6, 6.07) is 3.89. The summed E-state index contributed by atoms with van der Waals surface area (Å²) in [6.45, 7) is 4.80. The number of aromatic amines is 1. The van der Waals surface area contributed by atoms with Gasteiger partial charge < -0.3 is 10.3 Å². The Morgan fingerprint density at radius 1 is 1.19 bits per heavy atom. The molecule has 0 spiro atoms. The zero-order valence-corrected chi connectivity index (χ0v) is 11.8. The van der Waals surface area contributed by atoms with Gasteiger partial charge in [0.25, 0.3) is 5.56 Å². The molecule has 0 atom stereocenters. The van der Waals surface area contributed by atoms with E-state index in [1.807, 2.05) is 26.0 Å². The summed E-state index contributed by atoms with van der Waals surface area (Å²) in [4.78, 5) is 33.8. The molecule has 1 aromatic rings. The number of hydrogen-bond acceptors (Lipinski definition) is 5. The number of aromatic nitrogens is 4. The van der Waals surface area contributed by atoms with Crippen LogP contribution in [0, 0.1) is 13.8 Å². The standard InChI is InChI=1S/C14H15N5O2/c1-7-5-9-10(6-8(7)2)19(4-3-15)12-11(16-9)13(20)18-14(21)17-12/h5-6H,3-4,15H2,1-2H3,(H,18,20,21). The molecule has 2 aliphatic rings. The van der Waals surface area contributed by atoms with Gasteiger partial charge in [-0.2, -0.15) is 4.98 Å². The van der Waals surface area contributed by atoms with Crippen LogP contribution in [0.4, 0.5) is 0 Å². The number of hydrogen-bond donors (Lipinski definition) is 2. The minimum atomic E-state index is -0.678. The van der Waals surface area contributed by atoms with Gasteiger partial charge in [-0.3, -0.25) is 9.78 Å². The number of nitrogens with zero attached hydrogens (tertiary/aromatic N) is 3. The van der Waals surface area contributed by atoms with Crippen molar-refractivity contribution in [2.45, 2.75) is 20.4 Å². The summed E-state index contributed by atoms with van der Waals surface area (Å²) in [5.41, 5.74) is 8.28. The van der Waals surface area contributed by atoms with Gasteiger partial charge in [0, 0.05) is 13.1 Å². The first kappa shape index (κ1) is 13.4. The average molecular weight is 285 g/mol. The number of fused-ring (bicyclic) bond motifs is 2. The molecule has 0 bridgehead atoms. The monoisotopic (exact) mass is 285 g/mol. The number of rotatable bonds is 2. The highest BCUT2D eigenvalue weighted by Crippen LogP contribution is 2.23. The lowest BCUT2D eigenvalue weighted by Crippen LogP contribution is -2.29. The Labute approximate surface area is 119 Å². The molecule has 0 radical (unpaired) electrons. The van der Waals surface area contributed by atoms with E-state index in [0.717, 1.165) is 16.6 Å². The van der Waals surface area contributed by atoms with Crippen LogP contribution < -0.4 is 17.0 Å². The Bertz CT molecular complexity index is 925. The fourth-order valence-electron chi connectivity index (χ4n) is 2.41. The second-order valence-electron chi connectivity index (χ2n) is 5.02. The third-order valence-electron chi connectivity index (χ3n) is 3.58. The van der Waals surface area contributed by atoms with Crippen molar-refractivity contribution in [2.24, 2.45) is 5.73 Å². The molecule has 0 unspecified atom stereocenters. The molecule has 0 saturated heterocycles. The van der Waals surface area contributed by atoms with Crippen molar-refractivity contribution in [3.05, 3.63) is 44.1 Å². The number of aryl methyl sites for hydroxylation is 2. The lowest BCUT2D eigenvalue weighted by Gasteiger charge is -2.16. The summed E-state index contributed by atoms with van der Waals surface area (Å²) in [5.74, 6) is 0.268. The molecule has 7 heteroatoms. The van der Waals surface area contributed by atoms with Crippen molar-refractivity contribution in [3.63, 3.8) is 0 Å².